The number of carbonyl (C=O) groups is 1. The van der Waals surface area contributed by atoms with Crippen LogP contribution in [0, 0.1) is 5.82 Å². The van der Waals surface area contributed by atoms with E-state index in [-0.39, 0.29) is 17.6 Å². The number of hydrogen-bond acceptors (Lipinski definition) is 4. The molecule has 2 heterocycles. The number of likely N-dealkylation sites (tertiary alicyclic amines) is 1. The standard InChI is InChI=1S/C24H25FN4O/c1-2-23(30)29-13-7-10-18(16-29)24-27-21(17-8-4-3-5-9-17)15-22(28-24)26-20-12-6-11-19(25)14-20/h3-6,8-9,11-12,14-15,18H,2,7,10,13,16H2,1H3,(H,26,27,28). The summed E-state index contributed by atoms with van der Waals surface area (Å²) in [7, 11) is 0. The molecule has 0 bridgehead atoms. The first-order chi connectivity index (χ1) is 14.6. The lowest BCUT2D eigenvalue weighted by Crippen LogP contribution is -2.39. The van der Waals surface area contributed by atoms with Crippen LogP contribution in [-0.2, 0) is 4.79 Å². The summed E-state index contributed by atoms with van der Waals surface area (Å²) in [4.78, 5) is 23.7. The molecule has 1 aliphatic rings. The normalized spacial score (nSPS) is 16.3. The summed E-state index contributed by atoms with van der Waals surface area (Å²) < 4.78 is 13.6. The minimum atomic E-state index is -0.307. The molecule has 1 atom stereocenters. The van der Waals surface area contributed by atoms with E-state index in [1.165, 1.54) is 12.1 Å². The van der Waals surface area contributed by atoms with Crippen LogP contribution in [0.2, 0.25) is 0 Å². The zero-order valence-electron chi connectivity index (χ0n) is 17.0. The van der Waals surface area contributed by atoms with Crippen molar-refractivity contribution in [3.05, 3.63) is 72.3 Å². The fourth-order valence-corrected chi connectivity index (χ4v) is 3.82. The van der Waals surface area contributed by atoms with Gasteiger partial charge in [-0.1, -0.05) is 43.3 Å². The molecule has 0 aliphatic carbocycles. The Morgan fingerprint density at radius 3 is 2.73 bits per heavy atom. The van der Waals surface area contributed by atoms with Crippen LogP contribution < -0.4 is 5.32 Å². The van der Waals surface area contributed by atoms with E-state index >= 15 is 0 Å². The van der Waals surface area contributed by atoms with Crippen LogP contribution in [0.4, 0.5) is 15.9 Å². The monoisotopic (exact) mass is 404 g/mol. The summed E-state index contributed by atoms with van der Waals surface area (Å²) in [5.74, 6) is 1.26. The Morgan fingerprint density at radius 1 is 1.13 bits per heavy atom. The number of nitrogens with zero attached hydrogens (tertiary/aromatic N) is 3. The van der Waals surface area contributed by atoms with Gasteiger partial charge in [-0.25, -0.2) is 14.4 Å². The average Bonchev–Trinajstić information content (AvgIpc) is 2.79. The first-order valence-electron chi connectivity index (χ1n) is 10.4. The number of carbonyl (C=O) groups excluding carboxylic acids is 1. The first kappa shape index (κ1) is 20.0. The maximum absolute atomic E-state index is 13.6. The van der Waals surface area contributed by atoms with E-state index in [0.29, 0.717) is 30.3 Å². The molecule has 0 radical (unpaired) electrons. The van der Waals surface area contributed by atoms with Crippen LogP contribution in [0.15, 0.2) is 60.7 Å². The zero-order valence-corrected chi connectivity index (χ0v) is 17.0. The molecule has 1 amide bonds. The van der Waals surface area contributed by atoms with Crippen molar-refractivity contribution in [2.75, 3.05) is 18.4 Å². The quantitative estimate of drug-likeness (QED) is 0.640. The van der Waals surface area contributed by atoms with E-state index in [0.717, 1.165) is 30.6 Å². The van der Waals surface area contributed by atoms with Gasteiger partial charge in [-0.2, -0.15) is 0 Å². The molecule has 1 unspecified atom stereocenters. The Balaban J connectivity index is 1.69. The minimum absolute atomic E-state index is 0.0750. The number of benzene rings is 2. The van der Waals surface area contributed by atoms with Crippen LogP contribution >= 0.6 is 0 Å². The number of anilines is 2. The van der Waals surface area contributed by atoms with Crippen molar-refractivity contribution in [3.63, 3.8) is 0 Å². The van der Waals surface area contributed by atoms with Crippen molar-refractivity contribution in [1.82, 2.24) is 14.9 Å². The summed E-state index contributed by atoms with van der Waals surface area (Å²) >= 11 is 0. The smallest absolute Gasteiger partial charge is 0.222 e. The fourth-order valence-electron chi connectivity index (χ4n) is 3.82. The molecule has 6 heteroatoms. The van der Waals surface area contributed by atoms with Gasteiger partial charge >= 0.3 is 0 Å². The number of piperidine rings is 1. The lowest BCUT2D eigenvalue weighted by atomic mass is 9.96. The second-order valence-electron chi connectivity index (χ2n) is 7.53. The van der Waals surface area contributed by atoms with Crippen molar-refractivity contribution < 1.29 is 9.18 Å². The molecule has 1 aromatic heterocycles. The summed E-state index contributed by atoms with van der Waals surface area (Å²) in [5, 5.41) is 3.21. The van der Waals surface area contributed by atoms with Crippen LogP contribution in [0.3, 0.4) is 0 Å². The Kier molecular flexibility index (Phi) is 6.02. The third-order valence-corrected chi connectivity index (χ3v) is 5.35. The van der Waals surface area contributed by atoms with Gasteiger partial charge in [0.05, 0.1) is 5.69 Å². The summed E-state index contributed by atoms with van der Waals surface area (Å²) in [6.45, 7) is 3.31. The molecule has 30 heavy (non-hydrogen) atoms. The van der Waals surface area contributed by atoms with Crippen LogP contribution in [0.1, 0.15) is 37.9 Å². The van der Waals surface area contributed by atoms with Crippen LogP contribution in [0.5, 0.6) is 0 Å². The number of nitrogens with one attached hydrogen (secondary N) is 1. The van der Waals surface area contributed by atoms with Crippen molar-refractivity contribution in [1.29, 1.82) is 0 Å². The molecule has 3 aromatic rings. The number of aromatic nitrogens is 2. The Labute approximate surface area is 176 Å². The topological polar surface area (TPSA) is 58.1 Å². The number of amides is 1. The minimum Gasteiger partial charge on any atom is -0.342 e. The summed E-state index contributed by atoms with van der Waals surface area (Å²) in [6.07, 6.45) is 2.37. The van der Waals surface area contributed by atoms with Crippen LogP contribution in [-0.4, -0.2) is 33.9 Å². The number of hydrogen-bond donors (Lipinski definition) is 1. The van der Waals surface area contributed by atoms with Crippen molar-refractivity contribution in [2.24, 2.45) is 0 Å². The Hall–Kier alpha value is -3.28. The molecule has 4 rings (SSSR count). The number of halogens is 1. The van der Waals surface area contributed by atoms with Gasteiger partial charge in [-0.15, -0.1) is 0 Å². The molecule has 1 N–H and O–H groups in total. The third-order valence-electron chi connectivity index (χ3n) is 5.35. The van der Waals surface area contributed by atoms with Gasteiger partial charge in [-0.3, -0.25) is 4.79 Å². The van der Waals surface area contributed by atoms with E-state index in [1.54, 1.807) is 12.1 Å². The molecule has 1 aliphatic heterocycles. The van der Waals surface area contributed by atoms with Gasteiger partial charge in [0.15, 0.2) is 0 Å². The van der Waals surface area contributed by atoms with Crippen LogP contribution in [0.25, 0.3) is 11.3 Å². The highest BCUT2D eigenvalue weighted by Gasteiger charge is 2.26. The number of rotatable bonds is 5. The van der Waals surface area contributed by atoms with Crippen molar-refractivity contribution >= 4 is 17.4 Å². The third kappa shape index (κ3) is 4.64. The summed E-state index contributed by atoms with van der Waals surface area (Å²) in [5.41, 5.74) is 2.42. The van der Waals surface area contributed by atoms with Crippen molar-refractivity contribution in [2.45, 2.75) is 32.1 Å². The molecule has 1 saturated heterocycles. The maximum atomic E-state index is 13.6. The van der Waals surface area contributed by atoms with E-state index in [1.807, 2.05) is 48.2 Å². The molecule has 154 valence electrons. The predicted octanol–water partition coefficient (Wildman–Crippen LogP) is 5.14. The Morgan fingerprint density at radius 2 is 1.97 bits per heavy atom. The summed E-state index contributed by atoms with van der Waals surface area (Å²) in [6, 6.07) is 18.1. The van der Waals surface area contributed by atoms with Gasteiger partial charge in [0.2, 0.25) is 5.91 Å². The maximum Gasteiger partial charge on any atom is 0.222 e. The van der Waals surface area contributed by atoms with E-state index < -0.39 is 0 Å². The van der Waals surface area contributed by atoms with Gasteiger partial charge in [0.1, 0.15) is 17.5 Å². The molecule has 1 fully saturated rings. The zero-order chi connectivity index (χ0) is 20.9. The Bertz CT molecular complexity index is 1020. The predicted molar refractivity (Wildman–Crippen MR) is 116 cm³/mol. The van der Waals surface area contributed by atoms with E-state index in [2.05, 4.69) is 5.32 Å². The first-order valence-corrected chi connectivity index (χ1v) is 10.4. The fraction of sp³-hybridized carbons (Fsp3) is 0.292. The van der Waals surface area contributed by atoms with Gasteiger partial charge in [0.25, 0.3) is 0 Å². The molecule has 5 nitrogen and oxygen atoms in total. The molecular weight excluding hydrogens is 379 g/mol. The highest BCUT2D eigenvalue weighted by Crippen LogP contribution is 2.29. The lowest BCUT2D eigenvalue weighted by molar-refractivity contribution is -0.132. The average molecular weight is 404 g/mol. The molecular formula is C24H25FN4O. The van der Waals surface area contributed by atoms with Gasteiger partial charge in [-0.05, 0) is 31.0 Å². The van der Waals surface area contributed by atoms with Crippen molar-refractivity contribution in [3.8, 4) is 11.3 Å². The molecule has 2 aromatic carbocycles. The van der Waals surface area contributed by atoms with Gasteiger partial charge in [0, 0.05) is 42.7 Å². The second-order valence-corrected chi connectivity index (χ2v) is 7.53. The largest absolute Gasteiger partial charge is 0.342 e. The van der Waals surface area contributed by atoms with E-state index in [4.69, 9.17) is 9.97 Å². The second kappa shape index (κ2) is 9.03. The molecule has 0 saturated carbocycles. The SMILES string of the molecule is CCC(=O)N1CCCC(c2nc(Nc3cccc(F)c3)cc(-c3ccccc3)n2)C1. The molecule has 0 spiro atoms. The lowest BCUT2D eigenvalue weighted by Gasteiger charge is -2.32. The van der Waals surface area contributed by atoms with Gasteiger partial charge < -0.3 is 10.2 Å². The van der Waals surface area contributed by atoms with E-state index in [9.17, 15) is 9.18 Å². The highest BCUT2D eigenvalue weighted by atomic mass is 19.1. The highest BCUT2D eigenvalue weighted by molar-refractivity contribution is 5.76.